The zero-order valence-corrected chi connectivity index (χ0v) is 14.6. The quantitative estimate of drug-likeness (QED) is 0.668. The molecule has 0 spiro atoms. The summed E-state index contributed by atoms with van der Waals surface area (Å²) in [7, 11) is 0. The Morgan fingerprint density at radius 1 is 0.769 bits per heavy atom. The summed E-state index contributed by atoms with van der Waals surface area (Å²) in [6.45, 7) is 1.56. The first kappa shape index (κ1) is 15.4. The first-order chi connectivity index (χ1) is 12.8. The minimum Gasteiger partial charge on any atom is -0.338 e. The molecular formula is C24H21NO. The number of carbonyl (C=O) groups excluding carboxylic acids is 1. The normalized spacial score (nSPS) is 18.8. The van der Waals surface area contributed by atoms with Crippen molar-refractivity contribution in [1.29, 1.82) is 0 Å². The van der Waals surface area contributed by atoms with Crippen LogP contribution in [0.1, 0.15) is 29.0 Å². The Morgan fingerprint density at radius 3 is 2.00 bits per heavy atom. The lowest BCUT2D eigenvalue weighted by Crippen LogP contribution is -2.29. The number of nitrogens with zero attached hydrogens (tertiary/aromatic N) is 1. The van der Waals surface area contributed by atoms with Crippen LogP contribution in [0.2, 0.25) is 0 Å². The summed E-state index contributed by atoms with van der Waals surface area (Å²) in [6.07, 6.45) is 0.930. The zero-order valence-electron chi connectivity index (χ0n) is 14.6. The minimum atomic E-state index is 0.0449. The number of amides is 1. The second kappa shape index (κ2) is 6.14. The Kier molecular flexibility index (Phi) is 3.63. The van der Waals surface area contributed by atoms with Crippen molar-refractivity contribution in [1.82, 2.24) is 4.90 Å². The topological polar surface area (TPSA) is 20.3 Å². The molecule has 5 rings (SSSR count). The van der Waals surface area contributed by atoms with Crippen LogP contribution in [0.5, 0.6) is 0 Å². The summed E-state index contributed by atoms with van der Waals surface area (Å²) >= 11 is 0. The maximum absolute atomic E-state index is 13.2. The van der Waals surface area contributed by atoms with Gasteiger partial charge in [0.25, 0.3) is 0 Å². The second-order valence-corrected chi connectivity index (χ2v) is 7.29. The molecule has 1 unspecified atom stereocenters. The molecule has 0 N–H and O–H groups in total. The van der Waals surface area contributed by atoms with Crippen molar-refractivity contribution in [3.63, 3.8) is 0 Å². The number of carbonyl (C=O) groups is 1. The van der Waals surface area contributed by atoms with E-state index in [9.17, 15) is 4.79 Å². The van der Waals surface area contributed by atoms with Crippen LogP contribution in [-0.4, -0.2) is 17.4 Å². The molecule has 2 nitrogen and oxygen atoms in total. The Bertz CT molecular complexity index is 917. The molecule has 0 aromatic heterocycles. The molecule has 2 aliphatic rings. The fourth-order valence-electron chi connectivity index (χ4n) is 4.66. The first-order valence-corrected chi connectivity index (χ1v) is 9.34. The fraction of sp³-hybridized carbons (Fsp3) is 0.208. The lowest BCUT2D eigenvalue weighted by molar-refractivity contribution is -0.131. The molecule has 128 valence electrons. The molecule has 1 saturated heterocycles. The van der Waals surface area contributed by atoms with Crippen molar-refractivity contribution >= 4 is 5.91 Å². The van der Waals surface area contributed by atoms with Gasteiger partial charge in [-0.3, -0.25) is 4.79 Å². The minimum absolute atomic E-state index is 0.0449. The molecule has 1 aliphatic heterocycles. The number of fused-ring (bicyclic) bond motifs is 3. The molecule has 0 saturated carbocycles. The second-order valence-electron chi connectivity index (χ2n) is 7.29. The zero-order chi connectivity index (χ0) is 17.5. The van der Waals surface area contributed by atoms with Gasteiger partial charge in [0.15, 0.2) is 0 Å². The molecule has 1 atom stereocenters. The average molecular weight is 339 g/mol. The standard InChI is InChI=1S/C24H21NO/c26-24-22(14-15-25(24)16-17-8-2-1-3-9-17)23-20-12-6-4-10-18(20)19-11-5-7-13-21(19)23/h1-13,22-23H,14-16H2. The highest BCUT2D eigenvalue weighted by Gasteiger charge is 2.42. The van der Waals surface area contributed by atoms with E-state index in [1.807, 2.05) is 23.1 Å². The smallest absolute Gasteiger partial charge is 0.227 e. The predicted octanol–water partition coefficient (Wildman–Crippen LogP) is 4.85. The Hall–Kier alpha value is -2.87. The van der Waals surface area contributed by atoms with Gasteiger partial charge in [0.2, 0.25) is 5.91 Å². The van der Waals surface area contributed by atoms with Crippen molar-refractivity contribution in [3.05, 3.63) is 95.6 Å². The highest BCUT2D eigenvalue weighted by Crippen LogP contribution is 2.50. The van der Waals surface area contributed by atoms with Crippen molar-refractivity contribution < 1.29 is 4.79 Å². The van der Waals surface area contributed by atoms with Gasteiger partial charge in [0.05, 0.1) is 5.92 Å². The Labute approximate surface area is 154 Å². The molecular weight excluding hydrogens is 318 g/mol. The number of hydrogen-bond acceptors (Lipinski definition) is 1. The Morgan fingerprint density at radius 2 is 1.35 bits per heavy atom. The van der Waals surface area contributed by atoms with Crippen LogP contribution in [-0.2, 0) is 11.3 Å². The number of hydrogen-bond donors (Lipinski definition) is 0. The third kappa shape index (κ3) is 2.37. The molecule has 3 aromatic rings. The van der Waals surface area contributed by atoms with E-state index < -0.39 is 0 Å². The maximum Gasteiger partial charge on any atom is 0.227 e. The summed E-state index contributed by atoms with van der Waals surface area (Å²) in [6, 6.07) is 27.5. The molecule has 1 aliphatic carbocycles. The van der Waals surface area contributed by atoms with E-state index in [-0.39, 0.29) is 11.8 Å². The van der Waals surface area contributed by atoms with Crippen molar-refractivity contribution in [2.24, 2.45) is 5.92 Å². The van der Waals surface area contributed by atoms with Gasteiger partial charge in [-0.2, -0.15) is 0 Å². The van der Waals surface area contributed by atoms with Crippen LogP contribution >= 0.6 is 0 Å². The molecule has 1 heterocycles. The van der Waals surface area contributed by atoms with Gasteiger partial charge in [-0.1, -0.05) is 78.9 Å². The third-order valence-corrected chi connectivity index (χ3v) is 5.84. The molecule has 0 radical (unpaired) electrons. The van der Waals surface area contributed by atoms with Gasteiger partial charge < -0.3 is 4.90 Å². The van der Waals surface area contributed by atoms with Crippen LogP contribution in [0.3, 0.4) is 0 Å². The van der Waals surface area contributed by atoms with Crippen molar-refractivity contribution in [2.45, 2.75) is 18.9 Å². The number of rotatable bonds is 3. The van der Waals surface area contributed by atoms with Gasteiger partial charge in [0, 0.05) is 19.0 Å². The van der Waals surface area contributed by atoms with Gasteiger partial charge in [-0.05, 0) is 34.2 Å². The van der Waals surface area contributed by atoms with Crippen LogP contribution in [0, 0.1) is 5.92 Å². The molecule has 3 aromatic carbocycles. The largest absolute Gasteiger partial charge is 0.338 e. The molecule has 1 amide bonds. The summed E-state index contributed by atoms with van der Waals surface area (Å²) in [5.74, 6) is 0.532. The lowest BCUT2D eigenvalue weighted by atomic mass is 9.83. The van der Waals surface area contributed by atoms with Gasteiger partial charge in [-0.25, -0.2) is 0 Å². The molecule has 1 fully saturated rings. The predicted molar refractivity (Wildman–Crippen MR) is 104 cm³/mol. The molecule has 0 bridgehead atoms. The van der Waals surface area contributed by atoms with E-state index in [4.69, 9.17) is 0 Å². The summed E-state index contributed by atoms with van der Waals surface area (Å²) < 4.78 is 0. The maximum atomic E-state index is 13.2. The SMILES string of the molecule is O=C1C(C2c3ccccc3-c3ccccc32)CCN1Cc1ccccc1. The highest BCUT2D eigenvalue weighted by atomic mass is 16.2. The van der Waals surface area contributed by atoms with Crippen LogP contribution in [0.15, 0.2) is 78.9 Å². The third-order valence-electron chi connectivity index (χ3n) is 5.84. The van der Waals surface area contributed by atoms with E-state index in [1.54, 1.807) is 0 Å². The monoisotopic (exact) mass is 339 g/mol. The van der Waals surface area contributed by atoms with Gasteiger partial charge in [0.1, 0.15) is 0 Å². The summed E-state index contributed by atoms with van der Waals surface area (Å²) in [5, 5.41) is 0. The van der Waals surface area contributed by atoms with E-state index in [0.29, 0.717) is 12.5 Å². The summed E-state index contributed by atoms with van der Waals surface area (Å²) in [5.41, 5.74) is 6.42. The van der Waals surface area contributed by atoms with E-state index in [1.165, 1.54) is 27.8 Å². The number of benzene rings is 3. The van der Waals surface area contributed by atoms with Gasteiger partial charge in [-0.15, -0.1) is 0 Å². The van der Waals surface area contributed by atoms with Crippen LogP contribution < -0.4 is 0 Å². The van der Waals surface area contributed by atoms with E-state index in [2.05, 4.69) is 60.7 Å². The first-order valence-electron chi connectivity index (χ1n) is 9.34. The van der Waals surface area contributed by atoms with E-state index in [0.717, 1.165) is 13.0 Å². The molecule has 2 heteroatoms. The average Bonchev–Trinajstić information content (AvgIpc) is 3.21. The number of likely N-dealkylation sites (tertiary alicyclic amines) is 1. The highest BCUT2D eigenvalue weighted by molar-refractivity contribution is 5.87. The van der Waals surface area contributed by atoms with E-state index >= 15 is 0 Å². The van der Waals surface area contributed by atoms with Crippen molar-refractivity contribution in [3.8, 4) is 11.1 Å². The van der Waals surface area contributed by atoms with Crippen molar-refractivity contribution in [2.75, 3.05) is 6.54 Å². The molecule has 26 heavy (non-hydrogen) atoms. The fourth-order valence-corrected chi connectivity index (χ4v) is 4.66. The Balaban J connectivity index is 1.48. The van der Waals surface area contributed by atoms with Crippen LogP contribution in [0.25, 0.3) is 11.1 Å². The lowest BCUT2D eigenvalue weighted by Gasteiger charge is -2.21. The van der Waals surface area contributed by atoms with Gasteiger partial charge >= 0.3 is 0 Å². The summed E-state index contributed by atoms with van der Waals surface area (Å²) in [4.78, 5) is 15.3. The van der Waals surface area contributed by atoms with Crippen LogP contribution in [0.4, 0.5) is 0 Å².